The number of aryl methyl sites for hydroxylation is 1. The van der Waals surface area contributed by atoms with Crippen molar-refractivity contribution in [3.8, 4) is 17.1 Å². The van der Waals surface area contributed by atoms with E-state index in [-0.39, 0.29) is 17.2 Å². The molecule has 0 unspecified atom stereocenters. The molecule has 5 rings (SSSR count). The Morgan fingerprint density at radius 3 is 2.50 bits per heavy atom. The van der Waals surface area contributed by atoms with E-state index < -0.39 is 11.6 Å². The van der Waals surface area contributed by atoms with Crippen molar-refractivity contribution >= 4 is 0 Å². The van der Waals surface area contributed by atoms with Gasteiger partial charge in [0.05, 0.1) is 5.69 Å². The third-order valence-corrected chi connectivity index (χ3v) is 5.03. The molecule has 4 heterocycles. The van der Waals surface area contributed by atoms with Crippen molar-refractivity contribution in [1.29, 1.82) is 0 Å². The zero-order valence-corrected chi connectivity index (χ0v) is 13.5. The Bertz CT molecular complexity index is 743. The SMILES string of the molecule is Cc1cc(F)c(-c2ccc(O[C@H]3CN4CCC3CC4)nn2)cc1F. The Hall–Kier alpha value is -2.08. The summed E-state index contributed by atoms with van der Waals surface area (Å²) in [6.07, 6.45) is 2.45. The molecule has 3 saturated heterocycles. The van der Waals surface area contributed by atoms with Crippen molar-refractivity contribution in [3.05, 3.63) is 41.5 Å². The molecule has 2 bridgehead atoms. The van der Waals surface area contributed by atoms with Crippen LogP contribution >= 0.6 is 0 Å². The van der Waals surface area contributed by atoms with Crippen LogP contribution in [0, 0.1) is 24.5 Å². The zero-order chi connectivity index (χ0) is 16.7. The molecule has 3 aliphatic rings. The normalized spacial score (nSPS) is 25.7. The number of nitrogens with zero attached hydrogens (tertiary/aromatic N) is 3. The molecular weight excluding hydrogens is 312 g/mol. The third kappa shape index (κ3) is 2.86. The molecule has 0 aliphatic carbocycles. The topological polar surface area (TPSA) is 38.2 Å². The molecule has 0 saturated carbocycles. The van der Waals surface area contributed by atoms with E-state index in [0.29, 0.717) is 17.5 Å². The van der Waals surface area contributed by atoms with Gasteiger partial charge in [-0.25, -0.2) is 8.78 Å². The summed E-state index contributed by atoms with van der Waals surface area (Å²) in [4.78, 5) is 2.40. The van der Waals surface area contributed by atoms with Crippen LogP contribution in [0.2, 0.25) is 0 Å². The van der Waals surface area contributed by atoms with Gasteiger partial charge >= 0.3 is 0 Å². The fourth-order valence-corrected chi connectivity index (χ4v) is 3.57. The first-order chi connectivity index (χ1) is 11.6. The van der Waals surface area contributed by atoms with Crippen LogP contribution in [0.3, 0.4) is 0 Å². The Morgan fingerprint density at radius 2 is 1.88 bits per heavy atom. The summed E-state index contributed by atoms with van der Waals surface area (Å²) in [5.74, 6) is 0.0423. The number of hydrogen-bond donors (Lipinski definition) is 0. The summed E-state index contributed by atoms with van der Waals surface area (Å²) in [5.41, 5.74) is 0.680. The minimum Gasteiger partial charge on any atom is -0.472 e. The van der Waals surface area contributed by atoms with Crippen molar-refractivity contribution in [3.63, 3.8) is 0 Å². The van der Waals surface area contributed by atoms with E-state index in [9.17, 15) is 8.78 Å². The molecule has 0 N–H and O–H groups in total. The summed E-state index contributed by atoms with van der Waals surface area (Å²) < 4.78 is 33.7. The van der Waals surface area contributed by atoms with Gasteiger partial charge in [-0.05, 0) is 62.5 Å². The van der Waals surface area contributed by atoms with Gasteiger partial charge in [-0.1, -0.05) is 0 Å². The Kier molecular flexibility index (Phi) is 3.92. The van der Waals surface area contributed by atoms with Crippen LogP contribution in [0.15, 0.2) is 24.3 Å². The van der Waals surface area contributed by atoms with E-state index in [1.165, 1.54) is 13.0 Å². The standard InChI is InChI=1S/C18H19F2N3O/c1-11-8-15(20)13(9-14(11)19)16-2-3-18(22-21-16)24-17-10-23-6-4-12(17)5-7-23/h2-3,8-9,12,17H,4-7,10H2,1H3/t17-/m0/s1. The summed E-state index contributed by atoms with van der Waals surface area (Å²) in [6.45, 7) is 4.74. The first kappa shape index (κ1) is 15.4. The van der Waals surface area contributed by atoms with Crippen molar-refractivity contribution < 1.29 is 13.5 Å². The number of benzene rings is 1. The number of hydrogen-bond acceptors (Lipinski definition) is 4. The maximum atomic E-state index is 14.0. The first-order valence-corrected chi connectivity index (χ1v) is 8.29. The van der Waals surface area contributed by atoms with Gasteiger partial charge in [0.15, 0.2) is 0 Å². The average Bonchev–Trinajstić information content (AvgIpc) is 2.60. The van der Waals surface area contributed by atoms with Gasteiger partial charge in [-0.15, -0.1) is 10.2 Å². The maximum Gasteiger partial charge on any atom is 0.233 e. The molecule has 0 radical (unpaired) electrons. The Balaban J connectivity index is 1.52. The second-order valence-corrected chi connectivity index (χ2v) is 6.63. The van der Waals surface area contributed by atoms with E-state index in [2.05, 4.69) is 15.1 Å². The van der Waals surface area contributed by atoms with Gasteiger partial charge in [-0.2, -0.15) is 0 Å². The van der Waals surface area contributed by atoms with Crippen LogP contribution in [0.25, 0.3) is 11.3 Å². The summed E-state index contributed by atoms with van der Waals surface area (Å²) >= 11 is 0. The maximum absolute atomic E-state index is 14.0. The van der Waals surface area contributed by atoms with Crippen LogP contribution in [0.5, 0.6) is 5.88 Å². The lowest BCUT2D eigenvalue weighted by Gasteiger charge is -2.44. The molecular formula is C18H19F2N3O. The molecule has 0 amide bonds. The van der Waals surface area contributed by atoms with E-state index in [0.717, 1.165) is 38.5 Å². The monoisotopic (exact) mass is 331 g/mol. The molecule has 126 valence electrons. The second-order valence-electron chi connectivity index (χ2n) is 6.63. The van der Waals surface area contributed by atoms with Crippen LogP contribution in [-0.4, -0.2) is 40.8 Å². The van der Waals surface area contributed by atoms with Gasteiger partial charge in [-0.3, -0.25) is 4.90 Å². The van der Waals surface area contributed by atoms with Gasteiger partial charge in [0.2, 0.25) is 5.88 Å². The molecule has 1 aromatic heterocycles. The molecule has 1 aromatic carbocycles. The van der Waals surface area contributed by atoms with Crippen LogP contribution in [0.1, 0.15) is 18.4 Å². The highest BCUT2D eigenvalue weighted by atomic mass is 19.1. The number of fused-ring (bicyclic) bond motifs is 3. The van der Waals surface area contributed by atoms with E-state index >= 15 is 0 Å². The van der Waals surface area contributed by atoms with Crippen LogP contribution in [0.4, 0.5) is 8.78 Å². The predicted octanol–water partition coefficient (Wildman–Crippen LogP) is 3.20. The van der Waals surface area contributed by atoms with Crippen molar-refractivity contribution in [2.75, 3.05) is 19.6 Å². The molecule has 3 fully saturated rings. The lowest BCUT2D eigenvalue weighted by atomic mass is 9.86. The lowest BCUT2D eigenvalue weighted by molar-refractivity contribution is -0.0103. The smallest absolute Gasteiger partial charge is 0.233 e. The minimum atomic E-state index is -0.505. The van der Waals surface area contributed by atoms with Gasteiger partial charge < -0.3 is 4.74 Å². The Labute approximate surface area is 139 Å². The fraction of sp³-hybridized carbons (Fsp3) is 0.444. The summed E-state index contributed by atoms with van der Waals surface area (Å²) in [5, 5.41) is 8.06. The number of halogens is 2. The highest BCUT2D eigenvalue weighted by Gasteiger charge is 2.35. The number of piperidine rings is 3. The quantitative estimate of drug-likeness (QED) is 0.866. The van der Waals surface area contributed by atoms with Gasteiger partial charge in [0, 0.05) is 18.2 Å². The van der Waals surface area contributed by atoms with E-state index in [1.54, 1.807) is 12.1 Å². The largest absolute Gasteiger partial charge is 0.472 e. The zero-order valence-electron chi connectivity index (χ0n) is 13.5. The first-order valence-electron chi connectivity index (χ1n) is 8.29. The molecule has 0 spiro atoms. The van der Waals surface area contributed by atoms with Crippen LogP contribution < -0.4 is 4.74 Å². The summed E-state index contributed by atoms with van der Waals surface area (Å²) in [7, 11) is 0. The summed E-state index contributed by atoms with van der Waals surface area (Å²) in [6, 6.07) is 5.63. The van der Waals surface area contributed by atoms with Gasteiger partial charge in [0.1, 0.15) is 17.7 Å². The molecule has 1 atom stereocenters. The number of ether oxygens (including phenoxy) is 1. The van der Waals surface area contributed by atoms with Crippen molar-refractivity contribution in [1.82, 2.24) is 15.1 Å². The molecule has 2 aromatic rings. The Morgan fingerprint density at radius 1 is 1.08 bits per heavy atom. The predicted molar refractivity (Wildman–Crippen MR) is 85.7 cm³/mol. The molecule has 6 heteroatoms. The van der Waals surface area contributed by atoms with Crippen molar-refractivity contribution in [2.45, 2.75) is 25.9 Å². The number of aromatic nitrogens is 2. The average molecular weight is 331 g/mol. The van der Waals surface area contributed by atoms with Gasteiger partial charge in [0.25, 0.3) is 0 Å². The number of rotatable bonds is 3. The molecule has 24 heavy (non-hydrogen) atoms. The van der Waals surface area contributed by atoms with Crippen molar-refractivity contribution in [2.24, 2.45) is 5.92 Å². The minimum absolute atomic E-state index is 0.111. The van der Waals surface area contributed by atoms with E-state index in [4.69, 9.17) is 4.74 Å². The van der Waals surface area contributed by atoms with E-state index in [1.807, 2.05) is 0 Å². The molecule has 3 aliphatic heterocycles. The van der Waals surface area contributed by atoms with Crippen LogP contribution in [-0.2, 0) is 0 Å². The second kappa shape index (κ2) is 6.09. The fourth-order valence-electron chi connectivity index (χ4n) is 3.57. The highest BCUT2D eigenvalue weighted by Crippen LogP contribution is 2.30. The highest BCUT2D eigenvalue weighted by molar-refractivity contribution is 5.60. The third-order valence-electron chi connectivity index (χ3n) is 5.03. The lowest BCUT2D eigenvalue weighted by Crippen LogP contribution is -2.52. The molecule has 4 nitrogen and oxygen atoms in total.